The molecule has 0 aromatic carbocycles. The van der Waals surface area contributed by atoms with E-state index >= 15 is 0 Å². The van der Waals surface area contributed by atoms with Crippen LogP contribution < -0.4 is 0 Å². The number of piperidine rings is 1. The molecule has 0 spiro atoms. The van der Waals surface area contributed by atoms with Crippen LogP contribution in [0, 0.1) is 5.92 Å². The van der Waals surface area contributed by atoms with E-state index in [1.165, 1.54) is 6.42 Å². The lowest BCUT2D eigenvalue weighted by molar-refractivity contribution is -0.146. The minimum Gasteiger partial charge on any atom is -0.481 e. The van der Waals surface area contributed by atoms with Gasteiger partial charge in [-0.3, -0.25) is 9.59 Å². The van der Waals surface area contributed by atoms with Crippen molar-refractivity contribution in [2.75, 3.05) is 19.7 Å². The van der Waals surface area contributed by atoms with E-state index in [4.69, 9.17) is 9.84 Å². The number of carboxylic acid groups (broad SMARTS) is 1. The summed E-state index contributed by atoms with van der Waals surface area (Å²) in [6.07, 6.45) is 6.29. The monoisotopic (exact) mass is 269 g/mol. The molecule has 0 unspecified atom stereocenters. The first kappa shape index (κ1) is 14.3. The van der Waals surface area contributed by atoms with Crippen LogP contribution in [0.2, 0.25) is 0 Å². The normalized spacial score (nSPS) is 28.1. The minimum absolute atomic E-state index is 0.0596. The van der Waals surface area contributed by atoms with Gasteiger partial charge in [0.25, 0.3) is 0 Å². The molecule has 2 aliphatic rings. The highest BCUT2D eigenvalue weighted by Gasteiger charge is 2.27. The second-order valence-corrected chi connectivity index (χ2v) is 5.56. The van der Waals surface area contributed by atoms with E-state index in [1.54, 1.807) is 0 Å². The van der Waals surface area contributed by atoms with Gasteiger partial charge in [-0.15, -0.1) is 0 Å². The molecule has 2 fully saturated rings. The molecule has 0 aromatic rings. The smallest absolute Gasteiger partial charge is 0.306 e. The molecule has 0 radical (unpaired) electrons. The summed E-state index contributed by atoms with van der Waals surface area (Å²) in [5.74, 6) is -0.847. The second-order valence-electron chi connectivity index (χ2n) is 5.56. The summed E-state index contributed by atoms with van der Waals surface area (Å²) in [6.45, 7) is 1.87. The van der Waals surface area contributed by atoms with E-state index in [9.17, 15) is 9.59 Å². The van der Waals surface area contributed by atoms with Crippen molar-refractivity contribution in [2.45, 2.75) is 51.0 Å². The molecular weight excluding hydrogens is 246 g/mol. The standard InChI is InChI=1S/C14H23NO4/c16-13(15-8-2-1-3-9-15)10-19-12-6-4-11(5-7-12)14(17)18/h11-12H,1-10H2,(H,17,18). The summed E-state index contributed by atoms with van der Waals surface area (Å²) in [7, 11) is 0. The third kappa shape index (κ3) is 4.20. The van der Waals surface area contributed by atoms with E-state index in [0.29, 0.717) is 12.8 Å². The number of carbonyl (C=O) groups is 2. The Morgan fingerprint density at radius 3 is 2.26 bits per heavy atom. The molecule has 1 aliphatic heterocycles. The fourth-order valence-corrected chi connectivity index (χ4v) is 2.90. The summed E-state index contributed by atoms with van der Waals surface area (Å²) in [6, 6.07) is 0. The number of carboxylic acids is 1. The highest BCUT2D eigenvalue weighted by atomic mass is 16.5. The maximum Gasteiger partial charge on any atom is 0.306 e. The van der Waals surface area contributed by atoms with Gasteiger partial charge in [-0.25, -0.2) is 0 Å². The van der Waals surface area contributed by atoms with Gasteiger partial charge in [0.15, 0.2) is 0 Å². The van der Waals surface area contributed by atoms with Crippen molar-refractivity contribution in [3.05, 3.63) is 0 Å². The molecule has 108 valence electrons. The molecular formula is C14H23NO4. The van der Waals surface area contributed by atoms with E-state index in [0.717, 1.165) is 38.8 Å². The van der Waals surface area contributed by atoms with Crippen molar-refractivity contribution in [2.24, 2.45) is 5.92 Å². The number of ether oxygens (including phenoxy) is 1. The summed E-state index contributed by atoms with van der Waals surface area (Å²) < 4.78 is 5.64. The largest absolute Gasteiger partial charge is 0.481 e. The van der Waals surface area contributed by atoms with Gasteiger partial charge >= 0.3 is 5.97 Å². The summed E-state index contributed by atoms with van der Waals surface area (Å²) >= 11 is 0. The number of nitrogens with zero attached hydrogens (tertiary/aromatic N) is 1. The lowest BCUT2D eigenvalue weighted by Gasteiger charge is -2.29. The SMILES string of the molecule is O=C(O)C1CCC(OCC(=O)N2CCCCC2)CC1. The first-order valence-electron chi connectivity index (χ1n) is 7.29. The maximum absolute atomic E-state index is 11.9. The average Bonchev–Trinajstić information content (AvgIpc) is 2.46. The Hall–Kier alpha value is -1.10. The first-order valence-corrected chi connectivity index (χ1v) is 7.29. The Kier molecular flexibility index (Phi) is 5.19. The number of likely N-dealkylation sites (tertiary alicyclic amines) is 1. The number of carbonyl (C=O) groups excluding carboxylic acids is 1. The molecule has 1 amide bonds. The van der Waals surface area contributed by atoms with Crippen molar-refractivity contribution in [3.8, 4) is 0 Å². The highest BCUT2D eigenvalue weighted by Crippen LogP contribution is 2.26. The molecule has 1 saturated heterocycles. The van der Waals surface area contributed by atoms with Gasteiger partial charge in [0, 0.05) is 13.1 Å². The predicted octanol–water partition coefficient (Wildman–Crippen LogP) is 1.66. The van der Waals surface area contributed by atoms with Crippen LogP contribution in [0.3, 0.4) is 0 Å². The molecule has 5 heteroatoms. The molecule has 0 aromatic heterocycles. The average molecular weight is 269 g/mol. The molecule has 19 heavy (non-hydrogen) atoms. The van der Waals surface area contributed by atoms with Crippen LogP contribution in [0.1, 0.15) is 44.9 Å². The van der Waals surface area contributed by atoms with Gasteiger partial charge in [-0.2, -0.15) is 0 Å². The van der Waals surface area contributed by atoms with Crippen molar-refractivity contribution >= 4 is 11.9 Å². The van der Waals surface area contributed by atoms with Crippen LogP contribution >= 0.6 is 0 Å². The van der Waals surface area contributed by atoms with Gasteiger partial charge in [-0.05, 0) is 44.9 Å². The second kappa shape index (κ2) is 6.89. The molecule has 2 rings (SSSR count). The Balaban J connectivity index is 1.66. The zero-order valence-corrected chi connectivity index (χ0v) is 11.3. The minimum atomic E-state index is -0.706. The van der Waals surface area contributed by atoms with E-state index in [-0.39, 0.29) is 24.5 Å². The quantitative estimate of drug-likeness (QED) is 0.843. The number of aliphatic carboxylic acids is 1. The van der Waals surface area contributed by atoms with E-state index < -0.39 is 5.97 Å². The van der Waals surface area contributed by atoms with Gasteiger partial charge in [0.2, 0.25) is 5.91 Å². The van der Waals surface area contributed by atoms with Gasteiger partial charge in [-0.1, -0.05) is 0 Å². The number of amides is 1. The first-order chi connectivity index (χ1) is 9.16. The Bertz CT molecular complexity index is 317. The van der Waals surface area contributed by atoms with Crippen molar-refractivity contribution in [3.63, 3.8) is 0 Å². The highest BCUT2D eigenvalue weighted by molar-refractivity contribution is 5.77. The molecule has 0 atom stereocenters. The lowest BCUT2D eigenvalue weighted by Crippen LogP contribution is -2.39. The Labute approximate surface area is 113 Å². The topological polar surface area (TPSA) is 66.8 Å². The van der Waals surface area contributed by atoms with Gasteiger partial charge in [0.05, 0.1) is 12.0 Å². The Morgan fingerprint density at radius 2 is 1.68 bits per heavy atom. The molecule has 5 nitrogen and oxygen atoms in total. The van der Waals surface area contributed by atoms with Crippen LogP contribution in [0.4, 0.5) is 0 Å². The van der Waals surface area contributed by atoms with Crippen LogP contribution in [0.5, 0.6) is 0 Å². The predicted molar refractivity (Wildman–Crippen MR) is 69.8 cm³/mol. The van der Waals surface area contributed by atoms with Crippen LogP contribution in [0.25, 0.3) is 0 Å². The summed E-state index contributed by atoms with van der Waals surface area (Å²) in [5, 5.41) is 8.91. The number of rotatable bonds is 4. The van der Waals surface area contributed by atoms with E-state index in [1.807, 2.05) is 4.90 Å². The summed E-state index contributed by atoms with van der Waals surface area (Å²) in [4.78, 5) is 24.6. The summed E-state index contributed by atoms with van der Waals surface area (Å²) in [5.41, 5.74) is 0. The number of hydrogen-bond acceptors (Lipinski definition) is 3. The maximum atomic E-state index is 11.9. The van der Waals surface area contributed by atoms with Crippen molar-refractivity contribution in [1.82, 2.24) is 4.90 Å². The molecule has 1 N–H and O–H groups in total. The van der Waals surface area contributed by atoms with Gasteiger partial charge < -0.3 is 14.7 Å². The van der Waals surface area contributed by atoms with E-state index in [2.05, 4.69) is 0 Å². The van der Waals surface area contributed by atoms with Crippen molar-refractivity contribution in [1.29, 1.82) is 0 Å². The third-order valence-corrected chi connectivity index (χ3v) is 4.17. The number of hydrogen-bond donors (Lipinski definition) is 1. The van der Waals surface area contributed by atoms with Crippen LogP contribution in [0.15, 0.2) is 0 Å². The fraction of sp³-hybridized carbons (Fsp3) is 0.857. The van der Waals surface area contributed by atoms with Crippen LogP contribution in [-0.2, 0) is 14.3 Å². The van der Waals surface area contributed by atoms with Crippen LogP contribution in [-0.4, -0.2) is 47.7 Å². The Morgan fingerprint density at radius 1 is 1.05 bits per heavy atom. The van der Waals surface area contributed by atoms with Gasteiger partial charge in [0.1, 0.15) is 6.61 Å². The molecule has 1 heterocycles. The molecule has 1 aliphatic carbocycles. The third-order valence-electron chi connectivity index (χ3n) is 4.17. The lowest BCUT2D eigenvalue weighted by atomic mass is 9.87. The molecule has 1 saturated carbocycles. The zero-order chi connectivity index (χ0) is 13.7. The fourth-order valence-electron chi connectivity index (χ4n) is 2.90. The molecule has 0 bridgehead atoms. The van der Waals surface area contributed by atoms with Crippen molar-refractivity contribution < 1.29 is 19.4 Å². The zero-order valence-electron chi connectivity index (χ0n) is 11.3.